The monoisotopic (exact) mass is 525 g/mol. The van der Waals surface area contributed by atoms with Gasteiger partial charge in [-0.25, -0.2) is 4.79 Å². The van der Waals surface area contributed by atoms with Gasteiger partial charge in [-0.05, 0) is 44.1 Å². The fraction of sp³-hybridized carbons (Fsp3) is 0.630. The van der Waals surface area contributed by atoms with E-state index in [-0.39, 0.29) is 25.0 Å². The predicted octanol–water partition coefficient (Wildman–Crippen LogP) is 2.62. The minimum Gasteiger partial charge on any atom is -0.481 e. The van der Waals surface area contributed by atoms with Crippen LogP contribution in [0.3, 0.4) is 0 Å². The Morgan fingerprint density at radius 2 is 1.62 bits per heavy atom. The second-order valence-corrected chi connectivity index (χ2v) is 9.43. The number of aliphatic carboxylic acids is 2. The number of carboxylic acid groups (broad SMARTS) is 2. The lowest BCUT2D eigenvalue weighted by molar-refractivity contribution is -0.138. The van der Waals surface area contributed by atoms with Crippen molar-refractivity contribution in [2.45, 2.75) is 84.0 Å². The molecule has 0 rings (SSSR count). The number of unbranched alkanes of at least 4 members (excludes halogenated alkanes) is 1. The molecular formula is C27H43NO9. The molecule has 10 nitrogen and oxygen atoms in total. The zero-order valence-corrected chi connectivity index (χ0v) is 22.2. The Morgan fingerprint density at radius 1 is 1.00 bits per heavy atom. The minimum atomic E-state index is -1.06. The summed E-state index contributed by atoms with van der Waals surface area (Å²) in [5.41, 5.74) is 5.70. The van der Waals surface area contributed by atoms with Crippen LogP contribution < -0.4 is 5.73 Å². The molecule has 0 bridgehead atoms. The van der Waals surface area contributed by atoms with Gasteiger partial charge in [-0.15, -0.1) is 0 Å². The van der Waals surface area contributed by atoms with Crippen molar-refractivity contribution < 1.29 is 44.3 Å². The molecule has 0 aliphatic heterocycles. The van der Waals surface area contributed by atoms with Crippen LogP contribution in [0.5, 0.6) is 0 Å². The highest BCUT2D eigenvalue weighted by Gasteiger charge is 2.26. The molecule has 0 fully saturated rings. The molecule has 0 radical (unpaired) electrons. The highest BCUT2D eigenvalue weighted by molar-refractivity contribution is 5.81. The number of ketones is 1. The van der Waals surface area contributed by atoms with Crippen LogP contribution in [0.1, 0.15) is 65.7 Å². The van der Waals surface area contributed by atoms with Gasteiger partial charge >= 0.3 is 11.9 Å². The predicted molar refractivity (Wildman–Crippen MR) is 138 cm³/mol. The summed E-state index contributed by atoms with van der Waals surface area (Å²) in [5, 5.41) is 38.9. The number of carbonyl (C=O) groups excluding carboxylic acids is 2. The van der Waals surface area contributed by atoms with Crippen molar-refractivity contribution in [2.75, 3.05) is 7.11 Å². The molecule has 0 unspecified atom stereocenters. The van der Waals surface area contributed by atoms with Crippen molar-refractivity contribution in [3.8, 4) is 0 Å². The van der Waals surface area contributed by atoms with Crippen LogP contribution in [0.2, 0.25) is 0 Å². The molecule has 0 saturated carbocycles. The molecule has 1 amide bonds. The van der Waals surface area contributed by atoms with Crippen molar-refractivity contribution in [2.24, 2.45) is 23.5 Å². The summed E-state index contributed by atoms with van der Waals surface area (Å²) < 4.78 is 5.36. The van der Waals surface area contributed by atoms with Crippen molar-refractivity contribution in [1.29, 1.82) is 0 Å². The van der Waals surface area contributed by atoms with E-state index in [1.165, 1.54) is 7.11 Å². The average Bonchev–Trinajstić information content (AvgIpc) is 2.80. The Morgan fingerprint density at radius 3 is 2.16 bits per heavy atom. The first-order valence-corrected chi connectivity index (χ1v) is 12.5. The van der Waals surface area contributed by atoms with Crippen LogP contribution in [0, 0.1) is 17.8 Å². The van der Waals surface area contributed by atoms with Crippen molar-refractivity contribution >= 4 is 23.6 Å². The molecule has 0 aliphatic carbocycles. The van der Waals surface area contributed by atoms with Gasteiger partial charge in [0.25, 0.3) is 0 Å². The SMILES string of the molecule is CO[C@H](/C=C/CC/C=C/C(=O)O)[C@H](O)[C@@H](C)/C=C(\C)[C@@H](O)[C@@H](C)C(=O)CCC[C@@H](CC(N)=O)CC(=O)O. The van der Waals surface area contributed by atoms with Gasteiger partial charge in [0.15, 0.2) is 0 Å². The summed E-state index contributed by atoms with van der Waals surface area (Å²) in [5.74, 6) is -4.34. The number of nitrogens with two attached hydrogens (primary N) is 1. The number of carbonyl (C=O) groups is 4. The number of hydrogen-bond acceptors (Lipinski definition) is 7. The molecule has 0 spiro atoms. The van der Waals surface area contributed by atoms with Crippen LogP contribution in [0.15, 0.2) is 36.0 Å². The fourth-order valence-corrected chi connectivity index (χ4v) is 4.02. The van der Waals surface area contributed by atoms with E-state index in [9.17, 15) is 29.4 Å². The topological polar surface area (TPSA) is 184 Å². The van der Waals surface area contributed by atoms with E-state index in [0.29, 0.717) is 31.3 Å². The fourth-order valence-electron chi connectivity index (χ4n) is 4.02. The summed E-state index contributed by atoms with van der Waals surface area (Å²) in [6.07, 6.45) is 6.98. The van der Waals surface area contributed by atoms with Gasteiger partial charge in [0.1, 0.15) is 11.9 Å². The van der Waals surface area contributed by atoms with Gasteiger partial charge in [-0.2, -0.15) is 0 Å². The van der Waals surface area contributed by atoms with E-state index < -0.39 is 53.9 Å². The lowest BCUT2D eigenvalue weighted by Gasteiger charge is -2.25. The first kappa shape index (κ1) is 34.2. The number of amides is 1. The van der Waals surface area contributed by atoms with Crippen LogP contribution >= 0.6 is 0 Å². The van der Waals surface area contributed by atoms with Gasteiger partial charge in [0, 0.05) is 44.3 Å². The largest absolute Gasteiger partial charge is 0.481 e. The second-order valence-electron chi connectivity index (χ2n) is 9.43. The third kappa shape index (κ3) is 15.1. The van der Waals surface area contributed by atoms with Gasteiger partial charge in [-0.3, -0.25) is 14.4 Å². The first-order valence-electron chi connectivity index (χ1n) is 12.5. The standard InChI is InChI=1S/C27H43NO9/c1-17(14-18(2)27(36)22(37-4)12-7-5-6-8-13-24(31)32)26(35)19(3)21(29)11-9-10-20(15-23(28)30)16-25(33)34/h7-8,12-14,18-20,22,26-27,35-36H,5-6,9-11,15-16H2,1-4H3,(H2,28,30)(H,31,32)(H,33,34)/b12-7+,13-8+,17-14+/t18-,19-,20-,22+,26+,27+/m0/s1. The van der Waals surface area contributed by atoms with Crippen LogP contribution in [-0.4, -0.2) is 69.5 Å². The highest BCUT2D eigenvalue weighted by atomic mass is 16.5. The summed E-state index contributed by atoms with van der Waals surface area (Å²) in [7, 11) is 1.46. The molecule has 0 saturated heterocycles. The average molecular weight is 526 g/mol. The molecule has 6 N–H and O–H groups in total. The molecule has 0 heterocycles. The quantitative estimate of drug-likeness (QED) is 0.0905. The van der Waals surface area contributed by atoms with Crippen LogP contribution in [0.4, 0.5) is 0 Å². The van der Waals surface area contributed by atoms with Crippen molar-refractivity contribution in [3.05, 3.63) is 36.0 Å². The van der Waals surface area contributed by atoms with Gasteiger partial charge in [-0.1, -0.05) is 38.2 Å². The van der Waals surface area contributed by atoms with E-state index in [4.69, 9.17) is 20.7 Å². The maximum Gasteiger partial charge on any atom is 0.327 e. The van der Waals surface area contributed by atoms with Crippen LogP contribution in [0.25, 0.3) is 0 Å². The minimum absolute atomic E-state index is 0.0554. The molecule has 0 aromatic rings. The van der Waals surface area contributed by atoms with E-state index in [1.807, 2.05) is 0 Å². The third-order valence-electron chi connectivity index (χ3n) is 6.20. The number of methoxy groups -OCH3 is 1. The van der Waals surface area contributed by atoms with E-state index in [2.05, 4.69) is 0 Å². The molecule has 0 aromatic carbocycles. The number of Topliss-reactive ketones (excluding diaryl/α,β-unsaturated/α-hetero) is 1. The summed E-state index contributed by atoms with van der Waals surface area (Å²) in [6.45, 7) is 5.06. The maximum absolute atomic E-state index is 12.6. The second kappa shape index (κ2) is 18.4. The first-order chi connectivity index (χ1) is 17.3. The maximum atomic E-state index is 12.6. The molecule has 0 aliphatic rings. The van der Waals surface area contributed by atoms with E-state index in [1.54, 1.807) is 45.1 Å². The normalized spacial score (nSPS) is 17.3. The van der Waals surface area contributed by atoms with Crippen molar-refractivity contribution in [1.82, 2.24) is 0 Å². The number of allylic oxidation sites excluding steroid dienone is 2. The number of aliphatic hydroxyl groups excluding tert-OH is 2. The smallest absolute Gasteiger partial charge is 0.327 e. The Kier molecular flexibility index (Phi) is 17.0. The highest BCUT2D eigenvalue weighted by Crippen LogP contribution is 2.22. The molecule has 6 atom stereocenters. The Balaban J connectivity index is 4.92. The Hall–Kier alpha value is -2.82. The summed E-state index contributed by atoms with van der Waals surface area (Å²) in [6, 6.07) is 0. The number of rotatable bonds is 20. The zero-order valence-electron chi connectivity index (χ0n) is 22.2. The van der Waals surface area contributed by atoms with Gasteiger partial charge in [0.2, 0.25) is 5.91 Å². The zero-order chi connectivity index (χ0) is 28.5. The molecule has 10 heteroatoms. The van der Waals surface area contributed by atoms with E-state index >= 15 is 0 Å². The lowest BCUT2D eigenvalue weighted by atomic mass is 9.87. The lowest BCUT2D eigenvalue weighted by Crippen LogP contribution is -2.32. The van der Waals surface area contributed by atoms with Gasteiger partial charge < -0.3 is 30.9 Å². The molecule has 0 aromatic heterocycles. The summed E-state index contributed by atoms with van der Waals surface area (Å²) >= 11 is 0. The number of aliphatic hydroxyl groups is 2. The van der Waals surface area contributed by atoms with Crippen molar-refractivity contribution in [3.63, 3.8) is 0 Å². The molecular weight excluding hydrogens is 482 g/mol. The summed E-state index contributed by atoms with van der Waals surface area (Å²) in [4.78, 5) is 45.2. The van der Waals surface area contributed by atoms with E-state index in [0.717, 1.165) is 6.08 Å². The number of ether oxygens (including phenoxy) is 1. The number of hydrogen-bond donors (Lipinski definition) is 5. The number of carboxylic acids is 2. The molecule has 37 heavy (non-hydrogen) atoms. The Bertz CT molecular complexity index is 818. The number of primary amides is 1. The Labute approximate surface area is 218 Å². The van der Waals surface area contributed by atoms with Gasteiger partial charge in [0.05, 0.1) is 12.2 Å². The molecule has 210 valence electrons. The van der Waals surface area contributed by atoms with Crippen LogP contribution in [-0.2, 0) is 23.9 Å². The third-order valence-corrected chi connectivity index (χ3v) is 6.20.